The highest BCUT2D eigenvalue weighted by atomic mass is 32.2. The first kappa shape index (κ1) is 8.23. The first-order valence-corrected chi connectivity index (χ1v) is 4.62. The molecule has 4 heteroatoms. The quantitative estimate of drug-likeness (QED) is 0.692. The number of aliphatic hydroxyl groups excluding tert-OH is 1. The molecule has 0 bridgehead atoms. The smallest absolute Gasteiger partial charge is 0.202 e. The van der Waals surface area contributed by atoms with Crippen LogP contribution in [-0.2, 0) is 9.84 Å². The van der Waals surface area contributed by atoms with Gasteiger partial charge in [0.25, 0.3) is 0 Å². The summed E-state index contributed by atoms with van der Waals surface area (Å²) < 4.78 is 21.8. The van der Waals surface area contributed by atoms with Crippen molar-refractivity contribution in [2.75, 3.05) is 5.94 Å². The standard InChI is InChI=1S/C7H7O3S/c8-6-11(9,10)7-4-2-1-3-5-7/h1-4,8H,6H2. The van der Waals surface area contributed by atoms with E-state index in [2.05, 4.69) is 6.07 Å². The van der Waals surface area contributed by atoms with E-state index in [-0.39, 0.29) is 4.90 Å². The van der Waals surface area contributed by atoms with Gasteiger partial charge in [0.2, 0.25) is 9.84 Å². The summed E-state index contributed by atoms with van der Waals surface area (Å²) in [6.07, 6.45) is 0. The molecule has 1 rings (SSSR count). The second kappa shape index (κ2) is 3.02. The van der Waals surface area contributed by atoms with Crippen LogP contribution in [0, 0.1) is 6.07 Å². The molecule has 1 radical (unpaired) electrons. The highest BCUT2D eigenvalue weighted by Crippen LogP contribution is 2.07. The van der Waals surface area contributed by atoms with Gasteiger partial charge in [-0.1, -0.05) is 18.2 Å². The van der Waals surface area contributed by atoms with Crippen molar-refractivity contribution in [2.24, 2.45) is 0 Å². The molecule has 0 aliphatic carbocycles. The Kier molecular flexibility index (Phi) is 2.26. The summed E-state index contributed by atoms with van der Waals surface area (Å²) in [5.74, 6) is -0.868. The summed E-state index contributed by atoms with van der Waals surface area (Å²) in [5.41, 5.74) is 0. The van der Waals surface area contributed by atoms with E-state index in [1.165, 1.54) is 12.1 Å². The fourth-order valence-corrected chi connectivity index (χ4v) is 1.31. The number of benzene rings is 1. The molecule has 0 amide bonds. The Labute approximate surface area is 65.2 Å². The van der Waals surface area contributed by atoms with Gasteiger partial charge < -0.3 is 5.11 Å². The van der Waals surface area contributed by atoms with Gasteiger partial charge in [-0.3, -0.25) is 0 Å². The number of sulfone groups is 1. The molecule has 0 aliphatic heterocycles. The molecule has 3 nitrogen and oxygen atoms in total. The van der Waals surface area contributed by atoms with E-state index in [1.54, 1.807) is 12.1 Å². The van der Waals surface area contributed by atoms with Crippen LogP contribution in [0.25, 0.3) is 0 Å². The van der Waals surface area contributed by atoms with Gasteiger partial charge >= 0.3 is 0 Å². The molecule has 0 aliphatic rings. The molecule has 0 unspecified atom stereocenters. The predicted octanol–water partition coefficient (Wildman–Crippen LogP) is 0.210. The van der Waals surface area contributed by atoms with Gasteiger partial charge in [-0.2, -0.15) is 0 Å². The zero-order chi connectivity index (χ0) is 8.32. The monoisotopic (exact) mass is 171 g/mol. The van der Waals surface area contributed by atoms with E-state index in [0.717, 1.165) is 0 Å². The van der Waals surface area contributed by atoms with E-state index in [4.69, 9.17) is 5.11 Å². The van der Waals surface area contributed by atoms with Gasteiger partial charge in [-0.15, -0.1) is 0 Å². The highest BCUT2D eigenvalue weighted by Gasteiger charge is 2.10. The number of rotatable bonds is 2. The summed E-state index contributed by atoms with van der Waals surface area (Å²) in [6, 6.07) is 8.64. The third-order valence-corrected chi connectivity index (χ3v) is 2.45. The molecule has 59 valence electrons. The van der Waals surface area contributed by atoms with E-state index in [0.29, 0.717) is 0 Å². The molecule has 0 saturated heterocycles. The highest BCUT2D eigenvalue weighted by molar-refractivity contribution is 7.91. The van der Waals surface area contributed by atoms with Crippen molar-refractivity contribution >= 4 is 9.84 Å². The van der Waals surface area contributed by atoms with E-state index in [9.17, 15) is 8.42 Å². The number of hydrogen-bond donors (Lipinski definition) is 1. The van der Waals surface area contributed by atoms with Crippen LogP contribution in [0.4, 0.5) is 0 Å². The first-order valence-electron chi connectivity index (χ1n) is 2.97. The third-order valence-electron chi connectivity index (χ3n) is 1.19. The lowest BCUT2D eigenvalue weighted by atomic mass is 10.4. The van der Waals surface area contributed by atoms with Crippen molar-refractivity contribution in [3.05, 3.63) is 30.3 Å². The molecule has 0 atom stereocenters. The minimum Gasteiger partial charge on any atom is -0.380 e. The Balaban J connectivity index is 3.14. The molecule has 0 saturated carbocycles. The molecular weight excluding hydrogens is 164 g/mol. The SMILES string of the molecule is O=S(=O)(CO)c1[c]cccc1. The van der Waals surface area contributed by atoms with Crippen molar-refractivity contribution in [1.29, 1.82) is 0 Å². The van der Waals surface area contributed by atoms with Gasteiger partial charge in [0.05, 0.1) is 4.90 Å². The Bertz CT molecular complexity index is 315. The van der Waals surface area contributed by atoms with Crippen LogP contribution >= 0.6 is 0 Å². The van der Waals surface area contributed by atoms with Crippen molar-refractivity contribution in [2.45, 2.75) is 4.90 Å². The Hall–Kier alpha value is -0.870. The molecule has 0 aromatic heterocycles. The average molecular weight is 171 g/mol. The third kappa shape index (κ3) is 1.78. The first-order chi connectivity index (χ1) is 5.17. The molecule has 1 N–H and O–H groups in total. The lowest BCUT2D eigenvalue weighted by molar-refractivity contribution is 0.358. The number of hydrogen-bond acceptors (Lipinski definition) is 3. The molecule has 11 heavy (non-hydrogen) atoms. The lowest BCUT2D eigenvalue weighted by Gasteiger charge is -1.96. The minimum atomic E-state index is -3.50. The second-order valence-electron chi connectivity index (χ2n) is 1.97. The normalized spacial score (nSPS) is 11.4. The average Bonchev–Trinajstić information content (AvgIpc) is 2.06. The maximum Gasteiger partial charge on any atom is 0.202 e. The van der Waals surface area contributed by atoms with Crippen molar-refractivity contribution in [3.63, 3.8) is 0 Å². The maximum atomic E-state index is 10.9. The Morgan fingerprint density at radius 2 is 2.18 bits per heavy atom. The summed E-state index contributed by atoms with van der Waals surface area (Å²) in [7, 11) is -3.50. The lowest BCUT2D eigenvalue weighted by Crippen LogP contribution is -2.05. The van der Waals surface area contributed by atoms with Crippen LogP contribution in [0.3, 0.4) is 0 Å². The van der Waals surface area contributed by atoms with Crippen LogP contribution < -0.4 is 0 Å². The van der Waals surface area contributed by atoms with Crippen LogP contribution in [0.2, 0.25) is 0 Å². The topological polar surface area (TPSA) is 54.4 Å². The summed E-state index contributed by atoms with van der Waals surface area (Å²) in [6.45, 7) is 0. The molecule has 1 aromatic carbocycles. The summed E-state index contributed by atoms with van der Waals surface area (Å²) >= 11 is 0. The van der Waals surface area contributed by atoms with Crippen molar-refractivity contribution in [3.8, 4) is 0 Å². The van der Waals surface area contributed by atoms with Gasteiger partial charge in [-0.25, -0.2) is 8.42 Å². The van der Waals surface area contributed by atoms with Crippen LogP contribution in [0.5, 0.6) is 0 Å². The molecule has 0 spiro atoms. The molecular formula is C7H7O3S. The van der Waals surface area contributed by atoms with Crippen molar-refractivity contribution in [1.82, 2.24) is 0 Å². The zero-order valence-corrected chi connectivity index (χ0v) is 6.50. The molecule has 1 aromatic rings. The van der Waals surface area contributed by atoms with Crippen LogP contribution in [0.1, 0.15) is 0 Å². The van der Waals surface area contributed by atoms with Crippen molar-refractivity contribution < 1.29 is 13.5 Å². The second-order valence-corrected chi connectivity index (χ2v) is 3.90. The number of aliphatic hydroxyl groups is 1. The van der Waals surface area contributed by atoms with Crippen LogP contribution in [0.15, 0.2) is 29.2 Å². The summed E-state index contributed by atoms with van der Waals surface area (Å²) in [4.78, 5) is 0.0301. The fourth-order valence-electron chi connectivity index (χ4n) is 0.640. The Morgan fingerprint density at radius 3 is 2.64 bits per heavy atom. The van der Waals surface area contributed by atoms with E-state index in [1.807, 2.05) is 0 Å². The predicted molar refractivity (Wildman–Crippen MR) is 39.5 cm³/mol. The van der Waals surface area contributed by atoms with E-state index >= 15 is 0 Å². The minimum absolute atomic E-state index is 0.0301. The van der Waals surface area contributed by atoms with Gasteiger partial charge in [-0.05, 0) is 6.07 Å². The van der Waals surface area contributed by atoms with Crippen LogP contribution in [-0.4, -0.2) is 19.5 Å². The maximum absolute atomic E-state index is 10.9. The largest absolute Gasteiger partial charge is 0.380 e. The summed E-state index contributed by atoms with van der Waals surface area (Å²) in [5, 5.41) is 8.44. The van der Waals surface area contributed by atoms with Gasteiger partial charge in [0.15, 0.2) is 0 Å². The fraction of sp³-hybridized carbons (Fsp3) is 0.143. The molecule has 0 heterocycles. The molecule has 0 fully saturated rings. The van der Waals surface area contributed by atoms with Gasteiger partial charge in [0, 0.05) is 6.07 Å². The van der Waals surface area contributed by atoms with Gasteiger partial charge in [0.1, 0.15) is 5.94 Å². The Morgan fingerprint density at radius 1 is 1.45 bits per heavy atom. The zero-order valence-electron chi connectivity index (χ0n) is 5.69. The van der Waals surface area contributed by atoms with E-state index < -0.39 is 15.8 Å².